The maximum atomic E-state index is 12.2. The molecule has 3 rings (SSSR count). The van der Waals surface area contributed by atoms with Crippen LogP contribution in [0.5, 0.6) is 5.75 Å². The predicted molar refractivity (Wildman–Crippen MR) is 124 cm³/mol. The molecule has 1 saturated heterocycles. The van der Waals surface area contributed by atoms with E-state index in [4.69, 9.17) is 9.47 Å². The molecule has 0 N–H and O–H groups in total. The highest BCUT2D eigenvalue weighted by Crippen LogP contribution is 2.30. The van der Waals surface area contributed by atoms with Gasteiger partial charge < -0.3 is 14.4 Å². The largest absolute Gasteiger partial charge is 0.494 e. The van der Waals surface area contributed by atoms with Crippen LogP contribution in [-0.2, 0) is 4.74 Å². The number of piperidine rings is 1. The van der Waals surface area contributed by atoms with Crippen LogP contribution in [-0.4, -0.2) is 42.0 Å². The van der Waals surface area contributed by atoms with Crippen molar-refractivity contribution in [3.8, 4) is 5.75 Å². The summed E-state index contributed by atoms with van der Waals surface area (Å²) in [5.41, 5.74) is 0.884. The van der Waals surface area contributed by atoms with Crippen LogP contribution in [0.4, 0.5) is 4.79 Å². The first kappa shape index (κ1) is 22.5. The van der Waals surface area contributed by atoms with Crippen molar-refractivity contribution in [1.82, 2.24) is 4.90 Å². The Balaban J connectivity index is 1.37. The molecule has 1 aliphatic heterocycles. The fourth-order valence-electron chi connectivity index (χ4n) is 3.51. The van der Waals surface area contributed by atoms with Crippen LogP contribution in [0, 0.1) is 0 Å². The molecule has 0 unspecified atom stereocenters. The van der Waals surface area contributed by atoms with E-state index in [-0.39, 0.29) is 6.09 Å². The average molecular weight is 428 g/mol. The lowest BCUT2D eigenvalue weighted by Gasteiger charge is -2.33. The van der Waals surface area contributed by atoms with E-state index in [9.17, 15) is 4.79 Å². The second-order valence-electron chi connectivity index (χ2n) is 8.67. The lowest BCUT2D eigenvalue weighted by Crippen LogP contribution is -2.41. The van der Waals surface area contributed by atoms with E-state index in [1.54, 1.807) is 0 Å². The number of ether oxygens (including phenoxy) is 2. The van der Waals surface area contributed by atoms with Crippen molar-refractivity contribution in [3.63, 3.8) is 0 Å². The van der Waals surface area contributed by atoms with Gasteiger partial charge in [0.05, 0.1) is 6.61 Å². The molecule has 162 valence electrons. The van der Waals surface area contributed by atoms with Gasteiger partial charge in [0.15, 0.2) is 0 Å². The second-order valence-corrected chi connectivity index (χ2v) is 9.84. The van der Waals surface area contributed by atoms with E-state index < -0.39 is 5.60 Å². The first-order chi connectivity index (χ1) is 14.4. The van der Waals surface area contributed by atoms with Gasteiger partial charge in [-0.3, -0.25) is 0 Å². The first-order valence-electron chi connectivity index (χ1n) is 10.8. The zero-order valence-corrected chi connectivity index (χ0v) is 19.1. The van der Waals surface area contributed by atoms with Crippen LogP contribution in [0.1, 0.15) is 51.5 Å². The van der Waals surface area contributed by atoms with Crippen molar-refractivity contribution in [2.24, 2.45) is 0 Å². The number of carbonyl (C=O) groups excluding carboxylic acids is 1. The van der Waals surface area contributed by atoms with Gasteiger partial charge in [0.2, 0.25) is 0 Å². The van der Waals surface area contributed by atoms with Crippen molar-refractivity contribution in [1.29, 1.82) is 0 Å². The van der Waals surface area contributed by atoms with Gasteiger partial charge in [-0.15, -0.1) is 11.8 Å². The van der Waals surface area contributed by atoms with Crippen LogP contribution >= 0.6 is 11.8 Å². The van der Waals surface area contributed by atoms with Crippen LogP contribution in [0.25, 0.3) is 0 Å². The molecule has 0 spiro atoms. The van der Waals surface area contributed by atoms with Crippen molar-refractivity contribution in [3.05, 3.63) is 60.2 Å². The summed E-state index contributed by atoms with van der Waals surface area (Å²) in [5, 5.41) is 0. The smallest absolute Gasteiger partial charge is 0.410 e. The molecule has 4 nitrogen and oxygen atoms in total. The minimum atomic E-state index is -0.440. The maximum Gasteiger partial charge on any atom is 0.410 e. The Morgan fingerprint density at radius 1 is 1.03 bits per heavy atom. The predicted octanol–water partition coefficient (Wildman–Crippen LogP) is 6.36. The molecular weight excluding hydrogens is 394 g/mol. The average Bonchev–Trinajstić information content (AvgIpc) is 2.74. The number of benzene rings is 2. The molecule has 5 heteroatoms. The van der Waals surface area contributed by atoms with Gasteiger partial charge in [-0.05, 0) is 75.8 Å². The van der Waals surface area contributed by atoms with E-state index in [1.807, 2.05) is 43.5 Å². The number of amides is 1. The Labute approximate surface area is 184 Å². The molecule has 30 heavy (non-hydrogen) atoms. The molecule has 0 aromatic heterocycles. The third-order valence-corrected chi connectivity index (χ3v) is 6.17. The number of likely N-dealkylation sites (tertiary alicyclic amines) is 1. The van der Waals surface area contributed by atoms with E-state index in [0.29, 0.717) is 5.92 Å². The molecular formula is C25H33NO3S. The van der Waals surface area contributed by atoms with Gasteiger partial charge >= 0.3 is 6.09 Å². The molecule has 1 amide bonds. The Morgan fingerprint density at radius 2 is 1.70 bits per heavy atom. The summed E-state index contributed by atoms with van der Waals surface area (Å²) in [7, 11) is 0. The van der Waals surface area contributed by atoms with E-state index in [2.05, 4.69) is 48.5 Å². The number of hydrogen-bond donors (Lipinski definition) is 0. The summed E-state index contributed by atoms with van der Waals surface area (Å²) in [6.07, 6.45) is 2.76. The van der Waals surface area contributed by atoms with Crippen molar-refractivity contribution >= 4 is 17.9 Å². The van der Waals surface area contributed by atoms with Gasteiger partial charge in [0, 0.05) is 23.7 Å². The van der Waals surface area contributed by atoms with E-state index in [0.717, 1.165) is 50.5 Å². The SMILES string of the molecule is CC(C)(C)OC(=O)N1CCC(c2ccc(OCCCSc3ccccc3)cc2)CC1. The Morgan fingerprint density at radius 3 is 2.33 bits per heavy atom. The monoisotopic (exact) mass is 427 g/mol. The van der Waals surface area contributed by atoms with Crippen LogP contribution in [0.15, 0.2) is 59.5 Å². The number of thioether (sulfide) groups is 1. The number of nitrogens with zero attached hydrogens (tertiary/aromatic N) is 1. The summed E-state index contributed by atoms with van der Waals surface area (Å²) in [5.74, 6) is 2.47. The Bertz CT molecular complexity index is 778. The standard InChI is InChI=1S/C25H33NO3S/c1-25(2,3)29-24(27)26-16-14-21(15-17-26)20-10-12-22(13-11-20)28-18-7-19-30-23-8-5-4-6-9-23/h4-6,8-13,21H,7,14-19H2,1-3H3. The van der Waals surface area contributed by atoms with Crippen molar-refractivity contribution in [2.45, 2.75) is 56.4 Å². The molecule has 1 heterocycles. The highest BCUT2D eigenvalue weighted by Gasteiger charge is 2.27. The summed E-state index contributed by atoms with van der Waals surface area (Å²) < 4.78 is 11.4. The van der Waals surface area contributed by atoms with Crippen LogP contribution in [0.3, 0.4) is 0 Å². The third kappa shape index (κ3) is 7.28. The zero-order chi connectivity index (χ0) is 21.4. The van der Waals surface area contributed by atoms with Crippen LogP contribution in [0.2, 0.25) is 0 Å². The van der Waals surface area contributed by atoms with Gasteiger partial charge in [-0.2, -0.15) is 0 Å². The quantitative estimate of drug-likeness (QED) is 0.380. The number of rotatable bonds is 7. The fraction of sp³-hybridized carbons (Fsp3) is 0.480. The maximum absolute atomic E-state index is 12.2. The van der Waals surface area contributed by atoms with E-state index >= 15 is 0 Å². The lowest BCUT2D eigenvalue weighted by molar-refractivity contribution is 0.0205. The summed E-state index contributed by atoms with van der Waals surface area (Å²) in [6, 6.07) is 18.9. The minimum Gasteiger partial charge on any atom is -0.494 e. The van der Waals surface area contributed by atoms with Crippen LogP contribution < -0.4 is 4.74 Å². The normalized spacial score (nSPS) is 15.1. The molecule has 0 saturated carbocycles. The number of hydrogen-bond acceptors (Lipinski definition) is 4. The topological polar surface area (TPSA) is 38.8 Å². The lowest BCUT2D eigenvalue weighted by atomic mass is 9.89. The minimum absolute atomic E-state index is 0.199. The third-order valence-electron chi connectivity index (χ3n) is 5.07. The summed E-state index contributed by atoms with van der Waals surface area (Å²) in [6.45, 7) is 7.94. The Kier molecular flexibility index (Phi) is 8.08. The second kappa shape index (κ2) is 10.8. The first-order valence-corrected chi connectivity index (χ1v) is 11.8. The molecule has 0 atom stereocenters. The van der Waals surface area contributed by atoms with Crippen molar-refractivity contribution in [2.75, 3.05) is 25.4 Å². The molecule has 2 aromatic carbocycles. The zero-order valence-electron chi connectivity index (χ0n) is 18.3. The summed E-state index contributed by atoms with van der Waals surface area (Å²) in [4.78, 5) is 15.3. The van der Waals surface area contributed by atoms with Gasteiger partial charge in [-0.1, -0.05) is 30.3 Å². The molecule has 1 aliphatic rings. The fourth-order valence-corrected chi connectivity index (χ4v) is 4.36. The molecule has 0 bridgehead atoms. The van der Waals surface area contributed by atoms with Gasteiger partial charge in [-0.25, -0.2) is 4.79 Å². The Hall–Kier alpha value is -2.14. The molecule has 0 radical (unpaired) electrons. The number of carbonyl (C=O) groups is 1. The van der Waals surface area contributed by atoms with E-state index in [1.165, 1.54) is 10.5 Å². The molecule has 2 aromatic rings. The molecule has 1 fully saturated rings. The van der Waals surface area contributed by atoms with Gasteiger partial charge in [0.1, 0.15) is 11.4 Å². The van der Waals surface area contributed by atoms with Gasteiger partial charge in [0.25, 0.3) is 0 Å². The molecule has 0 aliphatic carbocycles. The van der Waals surface area contributed by atoms with Crippen molar-refractivity contribution < 1.29 is 14.3 Å². The highest BCUT2D eigenvalue weighted by molar-refractivity contribution is 7.99. The highest BCUT2D eigenvalue weighted by atomic mass is 32.2. The summed E-state index contributed by atoms with van der Waals surface area (Å²) >= 11 is 1.86.